The SMILES string of the molecule is CN(C)CCn1nnnc1SC1CCN(C(=O)Oc2ccc(NC(=O)c3ccccc3)cn2)CC1. The topological polar surface area (TPSA) is 118 Å². The molecule has 0 aliphatic carbocycles. The van der Waals surface area contributed by atoms with Gasteiger partial charge in [-0.25, -0.2) is 14.5 Å². The van der Waals surface area contributed by atoms with Crippen molar-refractivity contribution in [3.8, 4) is 5.88 Å². The van der Waals surface area contributed by atoms with E-state index in [0.717, 1.165) is 31.1 Å². The van der Waals surface area contributed by atoms with Crippen LogP contribution in [0.25, 0.3) is 0 Å². The number of hydrogen-bond donors (Lipinski definition) is 1. The Balaban J connectivity index is 1.23. The fraction of sp³-hybridized carbons (Fsp3) is 0.391. The summed E-state index contributed by atoms with van der Waals surface area (Å²) in [6.07, 6.45) is 2.67. The van der Waals surface area contributed by atoms with E-state index in [2.05, 4.69) is 30.7 Å². The van der Waals surface area contributed by atoms with Crippen LogP contribution in [-0.2, 0) is 6.54 Å². The third-order valence-corrected chi connectivity index (χ3v) is 6.76. The predicted molar refractivity (Wildman–Crippen MR) is 131 cm³/mol. The molecule has 0 bridgehead atoms. The van der Waals surface area contributed by atoms with Crippen molar-refractivity contribution in [2.24, 2.45) is 0 Å². The summed E-state index contributed by atoms with van der Waals surface area (Å²) in [5, 5.41) is 15.9. The maximum absolute atomic E-state index is 12.6. The summed E-state index contributed by atoms with van der Waals surface area (Å²) >= 11 is 1.65. The maximum Gasteiger partial charge on any atom is 0.416 e. The van der Waals surface area contributed by atoms with Crippen molar-refractivity contribution < 1.29 is 14.3 Å². The van der Waals surface area contributed by atoms with E-state index in [4.69, 9.17) is 4.74 Å². The zero-order valence-electron chi connectivity index (χ0n) is 19.7. The normalized spacial score (nSPS) is 14.2. The molecule has 2 amide bonds. The standard InChI is InChI=1S/C23H28N8O3S/c1-29(2)14-15-31-22(26-27-28-31)35-19-10-12-30(13-11-19)23(33)34-20-9-8-18(16-24-20)25-21(32)17-6-4-3-5-7-17/h3-9,16,19H,10-15H2,1-2H3,(H,25,32). The van der Waals surface area contributed by atoms with Crippen molar-refractivity contribution in [2.75, 3.05) is 39.0 Å². The van der Waals surface area contributed by atoms with Gasteiger partial charge in [0.05, 0.1) is 18.4 Å². The number of anilines is 1. The number of tetrazole rings is 1. The number of nitrogens with zero attached hydrogens (tertiary/aromatic N) is 7. The number of benzene rings is 1. The minimum atomic E-state index is -0.433. The molecule has 1 saturated heterocycles. The average Bonchev–Trinajstić information content (AvgIpc) is 3.31. The second-order valence-electron chi connectivity index (χ2n) is 8.37. The van der Waals surface area contributed by atoms with E-state index in [1.807, 2.05) is 24.8 Å². The van der Waals surface area contributed by atoms with Gasteiger partial charge in [-0.1, -0.05) is 30.0 Å². The van der Waals surface area contributed by atoms with E-state index in [9.17, 15) is 9.59 Å². The van der Waals surface area contributed by atoms with Gasteiger partial charge in [0.2, 0.25) is 11.0 Å². The smallest absolute Gasteiger partial charge is 0.391 e. The predicted octanol–water partition coefficient (Wildman–Crippen LogP) is 2.64. The Morgan fingerprint density at radius 2 is 1.91 bits per heavy atom. The van der Waals surface area contributed by atoms with Crippen LogP contribution in [0.2, 0.25) is 0 Å². The largest absolute Gasteiger partial charge is 0.416 e. The van der Waals surface area contributed by atoms with Crippen LogP contribution in [-0.4, -0.2) is 86.0 Å². The molecule has 0 radical (unpaired) electrons. The first-order valence-electron chi connectivity index (χ1n) is 11.3. The number of aromatic nitrogens is 5. The van der Waals surface area contributed by atoms with E-state index >= 15 is 0 Å². The number of nitrogens with one attached hydrogen (secondary N) is 1. The molecule has 2 aromatic heterocycles. The molecule has 1 aliphatic heterocycles. The van der Waals surface area contributed by atoms with Crippen molar-refractivity contribution in [3.63, 3.8) is 0 Å². The Bertz CT molecular complexity index is 1120. The summed E-state index contributed by atoms with van der Waals surface area (Å²) in [5.74, 6) is -0.0473. The molecule has 4 rings (SSSR count). The Morgan fingerprint density at radius 3 is 2.60 bits per heavy atom. The molecule has 35 heavy (non-hydrogen) atoms. The monoisotopic (exact) mass is 496 g/mol. The Labute approximate surface area is 207 Å². The van der Waals surface area contributed by atoms with Crippen LogP contribution in [0, 0.1) is 0 Å². The lowest BCUT2D eigenvalue weighted by atomic mass is 10.1. The highest BCUT2D eigenvalue weighted by Crippen LogP contribution is 2.29. The van der Waals surface area contributed by atoms with Gasteiger partial charge in [0.25, 0.3) is 5.91 Å². The van der Waals surface area contributed by atoms with Gasteiger partial charge < -0.3 is 19.9 Å². The molecule has 184 valence electrons. The van der Waals surface area contributed by atoms with Gasteiger partial charge in [0, 0.05) is 36.5 Å². The van der Waals surface area contributed by atoms with Crippen LogP contribution in [0.4, 0.5) is 10.5 Å². The van der Waals surface area contributed by atoms with Gasteiger partial charge in [-0.05, 0) is 55.6 Å². The van der Waals surface area contributed by atoms with Crippen LogP contribution in [0.1, 0.15) is 23.2 Å². The number of likely N-dealkylation sites (tertiary alicyclic amines) is 1. The zero-order chi connectivity index (χ0) is 24.6. The van der Waals surface area contributed by atoms with Gasteiger partial charge in [0.1, 0.15) is 0 Å². The highest BCUT2D eigenvalue weighted by atomic mass is 32.2. The quantitative estimate of drug-likeness (QED) is 0.502. The number of carbonyl (C=O) groups is 2. The molecule has 0 saturated carbocycles. The average molecular weight is 497 g/mol. The summed E-state index contributed by atoms with van der Waals surface area (Å²) in [7, 11) is 4.03. The number of rotatable bonds is 8. The first-order chi connectivity index (χ1) is 17.0. The number of carbonyl (C=O) groups excluding carboxylic acids is 2. The summed E-state index contributed by atoms with van der Waals surface area (Å²) < 4.78 is 7.25. The third-order valence-electron chi connectivity index (χ3n) is 5.45. The fourth-order valence-electron chi connectivity index (χ4n) is 3.48. The second-order valence-corrected chi connectivity index (χ2v) is 9.63. The molecule has 1 aromatic carbocycles. The number of amides is 2. The van der Waals surface area contributed by atoms with Crippen LogP contribution in [0.5, 0.6) is 5.88 Å². The molecule has 1 N–H and O–H groups in total. The van der Waals surface area contributed by atoms with Crippen molar-refractivity contribution in [1.29, 1.82) is 0 Å². The van der Waals surface area contributed by atoms with Gasteiger partial charge in [0.15, 0.2) is 0 Å². The summed E-state index contributed by atoms with van der Waals surface area (Å²) in [5.41, 5.74) is 1.07. The van der Waals surface area contributed by atoms with Crippen LogP contribution >= 0.6 is 11.8 Å². The molecule has 3 heterocycles. The number of thioether (sulfide) groups is 1. The maximum atomic E-state index is 12.6. The molecule has 3 aromatic rings. The van der Waals surface area contributed by atoms with E-state index in [-0.39, 0.29) is 11.8 Å². The summed E-state index contributed by atoms with van der Waals surface area (Å²) in [6, 6.07) is 12.1. The molecule has 11 nitrogen and oxygen atoms in total. The number of likely N-dealkylation sites (N-methyl/N-ethyl adjacent to an activating group) is 1. The summed E-state index contributed by atoms with van der Waals surface area (Å²) in [6.45, 7) is 2.76. The number of piperidine rings is 1. The lowest BCUT2D eigenvalue weighted by molar-refractivity contribution is 0.102. The van der Waals surface area contributed by atoms with Gasteiger partial charge in [-0.15, -0.1) is 5.10 Å². The number of pyridine rings is 1. The summed E-state index contributed by atoms with van der Waals surface area (Å²) in [4.78, 5) is 32.7. The lowest BCUT2D eigenvalue weighted by Crippen LogP contribution is -2.41. The first kappa shape index (κ1) is 24.6. The molecular formula is C23H28N8O3S. The highest BCUT2D eigenvalue weighted by molar-refractivity contribution is 7.99. The molecule has 1 aliphatic rings. The van der Waals surface area contributed by atoms with E-state index < -0.39 is 6.09 Å². The van der Waals surface area contributed by atoms with Crippen LogP contribution in [0.15, 0.2) is 53.8 Å². The first-order valence-corrected chi connectivity index (χ1v) is 12.2. The minimum Gasteiger partial charge on any atom is -0.391 e. The van der Waals surface area contributed by atoms with E-state index in [1.54, 1.807) is 53.1 Å². The number of hydrogen-bond acceptors (Lipinski definition) is 9. The van der Waals surface area contributed by atoms with Crippen molar-refractivity contribution >= 4 is 29.4 Å². The second kappa shape index (κ2) is 11.8. The van der Waals surface area contributed by atoms with Crippen LogP contribution < -0.4 is 10.1 Å². The molecule has 1 fully saturated rings. The van der Waals surface area contributed by atoms with E-state index in [1.165, 1.54) is 6.20 Å². The minimum absolute atomic E-state index is 0.185. The number of ether oxygens (including phenoxy) is 1. The molecular weight excluding hydrogens is 468 g/mol. The molecule has 0 atom stereocenters. The molecule has 0 unspecified atom stereocenters. The lowest BCUT2D eigenvalue weighted by Gasteiger charge is -2.30. The van der Waals surface area contributed by atoms with Gasteiger partial charge >= 0.3 is 6.09 Å². The van der Waals surface area contributed by atoms with Gasteiger partial charge in [-0.3, -0.25) is 4.79 Å². The zero-order valence-corrected chi connectivity index (χ0v) is 20.5. The van der Waals surface area contributed by atoms with Crippen molar-refractivity contribution in [1.82, 2.24) is 35.0 Å². The Morgan fingerprint density at radius 1 is 1.14 bits per heavy atom. The Kier molecular flexibility index (Phi) is 8.27. The van der Waals surface area contributed by atoms with Crippen molar-refractivity contribution in [2.45, 2.75) is 29.8 Å². The molecule has 12 heteroatoms. The third kappa shape index (κ3) is 6.99. The van der Waals surface area contributed by atoms with Crippen molar-refractivity contribution in [3.05, 3.63) is 54.2 Å². The highest BCUT2D eigenvalue weighted by Gasteiger charge is 2.26. The fourth-order valence-corrected chi connectivity index (χ4v) is 4.56. The van der Waals surface area contributed by atoms with E-state index in [0.29, 0.717) is 29.6 Å². The van der Waals surface area contributed by atoms with Crippen LogP contribution in [0.3, 0.4) is 0 Å². The Hall–Kier alpha value is -3.51. The van der Waals surface area contributed by atoms with Gasteiger partial charge in [-0.2, -0.15) is 0 Å². The molecule has 0 spiro atoms.